The first kappa shape index (κ1) is 31.7. The van der Waals surface area contributed by atoms with Crippen LogP contribution >= 0.6 is 0 Å². The summed E-state index contributed by atoms with van der Waals surface area (Å²) in [4.78, 5) is 36.3. The Bertz CT molecular complexity index is 824. The van der Waals surface area contributed by atoms with Gasteiger partial charge in [-0.3, -0.25) is 14.5 Å². The summed E-state index contributed by atoms with van der Waals surface area (Å²) in [5.74, 6) is -0.0309. The zero-order valence-electron chi connectivity index (χ0n) is 23.4. The molecule has 1 saturated heterocycles. The van der Waals surface area contributed by atoms with E-state index < -0.39 is 6.04 Å². The van der Waals surface area contributed by atoms with Crippen LogP contribution in [0.1, 0.15) is 77.5 Å². The van der Waals surface area contributed by atoms with E-state index in [0.717, 1.165) is 38.5 Å². The molecule has 8 nitrogen and oxygen atoms in total. The van der Waals surface area contributed by atoms with Crippen molar-refractivity contribution < 1.29 is 14.4 Å². The highest BCUT2D eigenvalue weighted by Gasteiger charge is 2.34. The lowest BCUT2D eigenvalue weighted by atomic mass is 9.87. The van der Waals surface area contributed by atoms with Gasteiger partial charge in [-0.15, -0.1) is 0 Å². The van der Waals surface area contributed by atoms with E-state index in [9.17, 15) is 14.4 Å². The lowest BCUT2D eigenvalue weighted by Crippen LogP contribution is -2.47. The Labute approximate surface area is 218 Å². The molecular weight excluding hydrogens is 454 g/mol. The number of nitrogens with two attached hydrogens (primary N) is 1. The maximum Gasteiger partial charge on any atom is 0.237 e. The van der Waals surface area contributed by atoms with Gasteiger partial charge in [0.25, 0.3) is 0 Å². The largest absolute Gasteiger partial charge is 0.348 e. The second-order valence-corrected chi connectivity index (χ2v) is 10.9. The molecule has 5 N–H and O–H groups in total. The van der Waals surface area contributed by atoms with Gasteiger partial charge in [0.2, 0.25) is 11.8 Å². The van der Waals surface area contributed by atoms with Crippen molar-refractivity contribution >= 4 is 18.1 Å². The molecule has 1 heterocycles. The van der Waals surface area contributed by atoms with E-state index in [1.165, 1.54) is 17.5 Å². The van der Waals surface area contributed by atoms with Crippen molar-refractivity contribution in [1.82, 2.24) is 20.9 Å². The normalized spacial score (nSPS) is 22.1. The third-order valence-electron chi connectivity index (χ3n) is 6.29. The molecule has 4 unspecified atom stereocenters. The van der Waals surface area contributed by atoms with E-state index in [1.807, 2.05) is 27.8 Å². The highest BCUT2D eigenvalue weighted by molar-refractivity contribution is 5.83. The van der Waals surface area contributed by atoms with Crippen molar-refractivity contribution in [3.05, 3.63) is 35.4 Å². The van der Waals surface area contributed by atoms with Crippen LogP contribution in [-0.4, -0.2) is 68.3 Å². The molecule has 1 aromatic rings. The molecule has 2 aliphatic rings. The van der Waals surface area contributed by atoms with Crippen LogP contribution in [0.25, 0.3) is 0 Å². The molecule has 0 radical (unpaired) electrons. The van der Waals surface area contributed by atoms with Crippen molar-refractivity contribution in [2.24, 2.45) is 11.1 Å². The SMILES string of the molecule is CCC.CN1CC(N)CC1C(=O)NC1CCCc2ccccc21.CNCC(=O)NC(C=O)C(C)(C)C. The molecule has 0 spiro atoms. The third-order valence-corrected chi connectivity index (χ3v) is 6.29. The van der Waals surface area contributed by atoms with Crippen LogP contribution in [0.2, 0.25) is 0 Å². The Hall–Kier alpha value is -2.29. The Kier molecular flexibility index (Phi) is 13.9. The van der Waals surface area contributed by atoms with E-state index >= 15 is 0 Å². The maximum absolute atomic E-state index is 12.5. The van der Waals surface area contributed by atoms with Crippen molar-refractivity contribution in [3.8, 4) is 0 Å². The van der Waals surface area contributed by atoms with Gasteiger partial charge in [0.05, 0.1) is 24.7 Å². The molecule has 1 aliphatic carbocycles. The first-order valence-electron chi connectivity index (χ1n) is 13.2. The number of likely N-dealkylation sites (tertiary alicyclic amines) is 1. The Morgan fingerprint density at radius 3 is 2.39 bits per heavy atom. The van der Waals surface area contributed by atoms with Crippen LogP contribution < -0.4 is 21.7 Å². The van der Waals surface area contributed by atoms with Gasteiger partial charge in [-0.05, 0) is 56.3 Å². The average molecular weight is 504 g/mol. The molecule has 2 amide bonds. The number of amides is 2. The number of hydrogen-bond acceptors (Lipinski definition) is 6. The molecule has 204 valence electrons. The second-order valence-electron chi connectivity index (χ2n) is 10.9. The Balaban J connectivity index is 0.000000352. The van der Waals surface area contributed by atoms with Crippen molar-refractivity contribution in [2.75, 3.05) is 27.2 Å². The van der Waals surface area contributed by atoms with E-state index in [4.69, 9.17) is 5.73 Å². The van der Waals surface area contributed by atoms with Crippen LogP contribution in [0.3, 0.4) is 0 Å². The zero-order valence-corrected chi connectivity index (χ0v) is 23.4. The fraction of sp³-hybridized carbons (Fsp3) is 0.679. The Morgan fingerprint density at radius 2 is 1.86 bits per heavy atom. The molecule has 36 heavy (non-hydrogen) atoms. The molecule has 1 fully saturated rings. The van der Waals surface area contributed by atoms with Gasteiger partial charge in [0.1, 0.15) is 6.29 Å². The fourth-order valence-electron chi connectivity index (χ4n) is 4.36. The average Bonchev–Trinajstić information content (AvgIpc) is 3.16. The van der Waals surface area contributed by atoms with Crippen LogP contribution in [0.4, 0.5) is 0 Å². The first-order valence-corrected chi connectivity index (χ1v) is 13.2. The number of nitrogens with zero attached hydrogens (tertiary/aromatic N) is 1. The van der Waals surface area contributed by atoms with Crippen LogP contribution in [-0.2, 0) is 20.8 Å². The van der Waals surface area contributed by atoms with Gasteiger partial charge in [-0.2, -0.15) is 0 Å². The van der Waals surface area contributed by atoms with Gasteiger partial charge >= 0.3 is 0 Å². The molecule has 1 aliphatic heterocycles. The minimum Gasteiger partial charge on any atom is -0.348 e. The standard InChI is InChI=1S/C16H23N3O.C9H18N2O2.C3H8/c1-19-10-12(17)9-15(19)16(20)18-14-8-4-6-11-5-2-3-7-13(11)14;1-9(2,3)7(6-12)11-8(13)5-10-4;1-3-2/h2-3,5,7,12,14-15H,4,6,8-10,17H2,1H3,(H,18,20);6-7,10H,5H2,1-4H3,(H,11,13);3H2,1-2H3. The first-order chi connectivity index (χ1) is 17.0. The number of aldehydes is 1. The molecule has 4 atom stereocenters. The monoisotopic (exact) mass is 503 g/mol. The minimum absolute atomic E-state index is 0.0703. The summed E-state index contributed by atoms with van der Waals surface area (Å²) in [6.07, 6.45) is 6.08. The van der Waals surface area contributed by atoms with Crippen LogP contribution in [0, 0.1) is 5.41 Å². The fourth-order valence-corrected chi connectivity index (χ4v) is 4.36. The number of benzene rings is 1. The number of carbonyl (C=O) groups is 3. The highest BCUT2D eigenvalue weighted by Crippen LogP contribution is 2.30. The van der Waals surface area contributed by atoms with Crippen LogP contribution in [0.5, 0.6) is 0 Å². The van der Waals surface area contributed by atoms with Gasteiger partial charge in [0.15, 0.2) is 0 Å². The number of likely N-dealkylation sites (N-methyl/N-ethyl adjacent to an activating group) is 2. The van der Waals surface area contributed by atoms with Crippen molar-refractivity contribution in [2.45, 2.75) is 90.9 Å². The van der Waals surface area contributed by atoms with Gasteiger partial charge in [0, 0.05) is 12.6 Å². The molecular formula is C28H49N5O3. The quantitative estimate of drug-likeness (QED) is 0.444. The predicted molar refractivity (Wildman–Crippen MR) is 147 cm³/mol. The number of rotatable bonds is 6. The molecule has 0 aromatic heterocycles. The van der Waals surface area contributed by atoms with E-state index in [1.54, 1.807) is 7.05 Å². The third kappa shape index (κ3) is 10.4. The Morgan fingerprint density at radius 1 is 1.22 bits per heavy atom. The second kappa shape index (κ2) is 15.7. The number of carbonyl (C=O) groups excluding carboxylic acids is 3. The smallest absolute Gasteiger partial charge is 0.237 e. The van der Waals surface area contributed by atoms with E-state index in [0.29, 0.717) is 0 Å². The zero-order chi connectivity index (χ0) is 27.3. The summed E-state index contributed by atoms with van der Waals surface area (Å²) in [6, 6.07) is 8.24. The number of nitrogens with one attached hydrogen (secondary N) is 3. The van der Waals surface area contributed by atoms with Gasteiger partial charge < -0.3 is 26.5 Å². The summed E-state index contributed by atoms with van der Waals surface area (Å²) in [7, 11) is 3.67. The number of aryl methyl sites for hydroxylation is 1. The lowest BCUT2D eigenvalue weighted by Gasteiger charge is -2.28. The molecule has 1 aromatic carbocycles. The van der Waals surface area contributed by atoms with Gasteiger partial charge in [-0.1, -0.05) is 65.3 Å². The highest BCUT2D eigenvalue weighted by atomic mass is 16.2. The van der Waals surface area contributed by atoms with Crippen LogP contribution in [0.15, 0.2) is 24.3 Å². The number of fused-ring (bicyclic) bond motifs is 1. The summed E-state index contributed by atoms with van der Waals surface area (Å²) in [6.45, 7) is 11.0. The minimum atomic E-state index is -0.423. The lowest BCUT2D eigenvalue weighted by molar-refractivity contribution is -0.126. The summed E-state index contributed by atoms with van der Waals surface area (Å²) in [5, 5.41) is 8.59. The summed E-state index contributed by atoms with van der Waals surface area (Å²) < 4.78 is 0. The molecule has 8 heteroatoms. The summed E-state index contributed by atoms with van der Waals surface area (Å²) >= 11 is 0. The van der Waals surface area contributed by atoms with Crippen molar-refractivity contribution in [1.29, 1.82) is 0 Å². The molecule has 3 rings (SSSR count). The van der Waals surface area contributed by atoms with Crippen molar-refractivity contribution in [3.63, 3.8) is 0 Å². The van der Waals surface area contributed by atoms with E-state index in [2.05, 4.69) is 59.0 Å². The predicted octanol–water partition coefficient (Wildman–Crippen LogP) is 2.56. The molecule has 0 bridgehead atoms. The topological polar surface area (TPSA) is 117 Å². The molecule has 0 saturated carbocycles. The maximum atomic E-state index is 12.5. The summed E-state index contributed by atoms with van der Waals surface area (Å²) in [5.41, 5.74) is 8.37. The number of hydrogen-bond donors (Lipinski definition) is 4. The van der Waals surface area contributed by atoms with Gasteiger partial charge in [-0.25, -0.2) is 0 Å². The van der Waals surface area contributed by atoms with E-state index in [-0.39, 0.29) is 41.9 Å².